The highest BCUT2D eigenvalue weighted by molar-refractivity contribution is 9.10. The predicted molar refractivity (Wildman–Crippen MR) is 81.5 cm³/mol. The van der Waals surface area contributed by atoms with Crippen LogP contribution in [-0.2, 0) is 0 Å². The summed E-state index contributed by atoms with van der Waals surface area (Å²) in [6.45, 7) is 2.32. The minimum absolute atomic E-state index is 0.149. The minimum Gasteiger partial charge on any atom is -0.494 e. The molecule has 0 aliphatic heterocycles. The molecule has 5 heteroatoms. The summed E-state index contributed by atoms with van der Waals surface area (Å²) in [5, 5.41) is 0. The highest BCUT2D eigenvalue weighted by Gasteiger charge is 2.08. The van der Waals surface area contributed by atoms with Gasteiger partial charge in [0.2, 0.25) is 0 Å². The van der Waals surface area contributed by atoms with Gasteiger partial charge in [0.15, 0.2) is 12.4 Å². The summed E-state index contributed by atoms with van der Waals surface area (Å²) in [4.78, 5) is 12.0. The lowest BCUT2D eigenvalue weighted by atomic mass is 10.1. The molecule has 0 saturated heterocycles. The molecule has 0 N–H and O–H groups in total. The van der Waals surface area contributed by atoms with Crippen LogP contribution in [-0.4, -0.2) is 19.0 Å². The summed E-state index contributed by atoms with van der Waals surface area (Å²) in [6.07, 6.45) is 0. The summed E-state index contributed by atoms with van der Waals surface area (Å²) in [5.74, 6) is 0.413. The standard InChI is InChI=1S/C16H14BrFO3/c1-2-20-14-5-3-11(4-6-14)16(19)10-21-15-8-12(17)7-13(18)9-15/h3-9H,2,10H2,1H3. The van der Waals surface area contributed by atoms with Gasteiger partial charge in [-0.3, -0.25) is 4.79 Å². The fourth-order valence-electron chi connectivity index (χ4n) is 1.75. The lowest BCUT2D eigenvalue weighted by Gasteiger charge is -2.07. The summed E-state index contributed by atoms with van der Waals surface area (Å²) >= 11 is 3.17. The van der Waals surface area contributed by atoms with Gasteiger partial charge >= 0.3 is 0 Å². The number of carbonyl (C=O) groups excluding carboxylic acids is 1. The third-order valence-corrected chi connectivity index (χ3v) is 3.15. The van der Waals surface area contributed by atoms with Crippen molar-refractivity contribution in [1.29, 1.82) is 0 Å². The van der Waals surface area contributed by atoms with Crippen molar-refractivity contribution in [3.05, 3.63) is 58.3 Å². The Kier molecular flexibility index (Phi) is 5.33. The molecule has 0 radical (unpaired) electrons. The van der Waals surface area contributed by atoms with E-state index in [-0.39, 0.29) is 12.4 Å². The zero-order valence-electron chi connectivity index (χ0n) is 11.4. The number of hydrogen-bond donors (Lipinski definition) is 0. The number of rotatable bonds is 6. The van der Waals surface area contributed by atoms with Crippen LogP contribution in [0.15, 0.2) is 46.9 Å². The molecule has 0 aromatic heterocycles. The molecule has 0 saturated carbocycles. The first-order chi connectivity index (χ1) is 10.1. The fourth-order valence-corrected chi connectivity index (χ4v) is 2.19. The van der Waals surface area contributed by atoms with Gasteiger partial charge in [0, 0.05) is 16.1 Å². The third kappa shape index (κ3) is 4.56. The van der Waals surface area contributed by atoms with Gasteiger partial charge in [0.1, 0.15) is 17.3 Å². The quantitative estimate of drug-likeness (QED) is 0.729. The highest BCUT2D eigenvalue weighted by Crippen LogP contribution is 2.21. The van der Waals surface area contributed by atoms with Gasteiger partial charge in [-0.05, 0) is 43.3 Å². The smallest absolute Gasteiger partial charge is 0.200 e. The first kappa shape index (κ1) is 15.5. The van der Waals surface area contributed by atoms with Crippen molar-refractivity contribution in [2.24, 2.45) is 0 Å². The molecule has 0 unspecified atom stereocenters. The van der Waals surface area contributed by atoms with Crippen molar-refractivity contribution < 1.29 is 18.7 Å². The average molecular weight is 353 g/mol. The second kappa shape index (κ2) is 7.22. The van der Waals surface area contributed by atoms with Gasteiger partial charge in [-0.2, -0.15) is 0 Å². The first-order valence-electron chi connectivity index (χ1n) is 6.43. The number of ether oxygens (including phenoxy) is 2. The number of halogens is 2. The molecule has 0 spiro atoms. The van der Waals surface area contributed by atoms with Crippen LogP contribution in [0.5, 0.6) is 11.5 Å². The van der Waals surface area contributed by atoms with E-state index in [1.807, 2.05) is 6.92 Å². The van der Waals surface area contributed by atoms with Crippen molar-refractivity contribution in [2.75, 3.05) is 13.2 Å². The van der Waals surface area contributed by atoms with Gasteiger partial charge in [0.25, 0.3) is 0 Å². The number of Topliss-reactive ketones (excluding diaryl/α,β-unsaturated/α-hetero) is 1. The van der Waals surface area contributed by atoms with E-state index in [9.17, 15) is 9.18 Å². The van der Waals surface area contributed by atoms with Crippen molar-refractivity contribution in [1.82, 2.24) is 0 Å². The lowest BCUT2D eigenvalue weighted by molar-refractivity contribution is 0.0921. The molecule has 3 nitrogen and oxygen atoms in total. The molecular weight excluding hydrogens is 339 g/mol. The summed E-state index contributed by atoms with van der Waals surface area (Å²) in [6, 6.07) is 11.0. The Hall–Kier alpha value is -1.88. The topological polar surface area (TPSA) is 35.5 Å². The monoisotopic (exact) mass is 352 g/mol. The van der Waals surface area contributed by atoms with Gasteiger partial charge in [-0.1, -0.05) is 15.9 Å². The molecule has 0 aliphatic carbocycles. The number of hydrogen-bond acceptors (Lipinski definition) is 3. The van der Waals surface area contributed by atoms with E-state index < -0.39 is 5.82 Å². The maximum Gasteiger partial charge on any atom is 0.200 e. The second-order valence-corrected chi connectivity index (χ2v) is 5.19. The van der Waals surface area contributed by atoms with Crippen molar-refractivity contribution in [2.45, 2.75) is 6.92 Å². The van der Waals surface area contributed by atoms with Gasteiger partial charge in [0.05, 0.1) is 6.61 Å². The largest absolute Gasteiger partial charge is 0.494 e. The average Bonchev–Trinajstić information content (AvgIpc) is 2.45. The molecule has 2 rings (SSSR count). The van der Waals surface area contributed by atoms with Crippen LogP contribution in [0, 0.1) is 5.82 Å². The summed E-state index contributed by atoms with van der Waals surface area (Å²) in [5.41, 5.74) is 0.522. The van der Waals surface area contributed by atoms with E-state index in [0.717, 1.165) is 0 Å². The summed E-state index contributed by atoms with van der Waals surface area (Å²) < 4.78 is 24.4. The van der Waals surface area contributed by atoms with Crippen molar-refractivity contribution in [3.8, 4) is 11.5 Å². The van der Waals surface area contributed by atoms with Crippen LogP contribution in [0.3, 0.4) is 0 Å². The van der Waals surface area contributed by atoms with Gasteiger partial charge in [-0.25, -0.2) is 4.39 Å². The first-order valence-corrected chi connectivity index (χ1v) is 7.22. The van der Waals surface area contributed by atoms with E-state index in [0.29, 0.717) is 28.1 Å². The Bertz CT molecular complexity index is 606. The molecule has 110 valence electrons. The molecule has 0 atom stereocenters. The SMILES string of the molecule is CCOc1ccc(C(=O)COc2cc(F)cc(Br)c2)cc1. The molecule has 21 heavy (non-hydrogen) atoms. The Morgan fingerprint density at radius 3 is 2.43 bits per heavy atom. The molecule has 0 amide bonds. The molecule has 0 heterocycles. The van der Waals surface area contributed by atoms with Crippen LogP contribution >= 0.6 is 15.9 Å². The molecule has 2 aromatic carbocycles. The van der Waals surface area contributed by atoms with Crippen LogP contribution in [0.2, 0.25) is 0 Å². The molecule has 2 aromatic rings. The number of benzene rings is 2. The highest BCUT2D eigenvalue weighted by atomic mass is 79.9. The molecule has 0 bridgehead atoms. The Balaban J connectivity index is 1.97. The van der Waals surface area contributed by atoms with Crippen molar-refractivity contribution in [3.63, 3.8) is 0 Å². The van der Waals surface area contributed by atoms with Crippen LogP contribution < -0.4 is 9.47 Å². The van der Waals surface area contributed by atoms with E-state index in [2.05, 4.69) is 15.9 Å². The lowest BCUT2D eigenvalue weighted by Crippen LogP contribution is -2.11. The maximum atomic E-state index is 13.2. The number of carbonyl (C=O) groups is 1. The predicted octanol–water partition coefficient (Wildman–Crippen LogP) is 4.25. The molecular formula is C16H14BrFO3. The van der Waals surface area contributed by atoms with E-state index >= 15 is 0 Å². The zero-order valence-corrected chi connectivity index (χ0v) is 13.0. The van der Waals surface area contributed by atoms with E-state index in [1.165, 1.54) is 12.1 Å². The number of ketones is 1. The van der Waals surface area contributed by atoms with Crippen LogP contribution in [0.1, 0.15) is 17.3 Å². The molecule has 0 fully saturated rings. The van der Waals surface area contributed by atoms with Crippen LogP contribution in [0.4, 0.5) is 4.39 Å². The van der Waals surface area contributed by atoms with Crippen molar-refractivity contribution >= 4 is 21.7 Å². The normalized spacial score (nSPS) is 10.2. The Morgan fingerprint density at radius 2 is 1.81 bits per heavy atom. The van der Waals surface area contributed by atoms with E-state index in [1.54, 1.807) is 30.3 Å². The molecule has 0 aliphatic rings. The fraction of sp³-hybridized carbons (Fsp3) is 0.188. The van der Waals surface area contributed by atoms with E-state index in [4.69, 9.17) is 9.47 Å². The maximum absolute atomic E-state index is 13.2. The third-order valence-electron chi connectivity index (χ3n) is 2.69. The van der Waals surface area contributed by atoms with Gasteiger partial charge in [-0.15, -0.1) is 0 Å². The zero-order chi connectivity index (χ0) is 15.2. The minimum atomic E-state index is -0.423. The second-order valence-electron chi connectivity index (χ2n) is 4.27. The summed E-state index contributed by atoms with van der Waals surface area (Å²) in [7, 11) is 0. The Morgan fingerprint density at radius 1 is 1.10 bits per heavy atom. The Labute approximate surface area is 130 Å². The van der Waals surface area contributed by atoms with Crippen LogP contribution in [0.25, 0.3) is 0 Å². The van der Waals surface area contributed by atoms with Gasteiger partial charge < -0.3 is 9.47 Å².